The normalized spacial score (nSPS) is 17.7. The number of nitrogens with one attached hydrogen (secondary N) is 2. The van der Waals surface area contributed by atoms with E-state index in [2.05, 4.69) is 41.8 Å². The number of amides is 1. The molecule has 1 saturated heterocycles. The Balaban J connectivity index is 2.20. The highest BCUT2D eigenvalue weighted by molar-refractivity contribution is 5.88. The van der Waals surface area contributed by atoms with Gasteiger partial charge in [-0.15, -0.1) is 0 Å². The van der Waals surface area contributed by atoms with E-state index in [1.165, 1.54) is 5.56 Å². The topological polar surface area (TPSA) is 50.4 Å². The molecule has 4 nitrogen and oxygen atoms in total. The van der Waals surface area contributed by atoms with Crippen LogP contribution in [0.4, 0.5) is 0 Å². The summed E-state index contributed by atoms with van der Waals surface area (Å²) in [5.74, 6) is 0.125. The highest BCUT2D eigenvalue weighted by Crippen LogP contribution is 2.35. The molecule has 1 fully saturated rings. The predicted octanol–water partition coefficient (Wildman–Crippen LogP) is 1.38. The predicted molar refractivity (Wildman–Crippen MR) is 79.8 cm³/mol. The Hall–Kier alpha value is -1.39. The van der Waals surface area contributed by atoms with Gasteiger partial charge in [0.2, 0.25) is 5.91 Å². The Kier molecular flexibility index (Phi) is 5.15. The van der Waals surface area contributed by atoms with Crippen LogP contribution in [0.1, 0.15) is 24.0 Å². The summed E-state index contributed by atoms with van der Waals surface area (Å²) in [5.41, 5.74) is 1.89. The molecule has 0 aliphatic carbocycles. The van der Waals surface area contributed by atoms with Crippen molar-refractivity contribution in [3.63, 3.8) is 0 Å². The SMILES string of the molecule is CNCCNC(=O)C1(c2ccc(C)cc2)CCOCC1. The summed E-state index contributed by atoms with van der Waals surface area (Å²) >= 11 is 0. The quantitative estimate of drug-likeness (QED) is 0.799. The Morgan fingerprint density at radius 1 is 1.20 bits per heavy atom. The fraction of sp³-hybridized carbons (Fsp3) is 0.562. The third-order valence-corrected chi connectivity index (χ3v) is 4.05. The van der Waals surface area contributed by atoms with Gasteiger partial charge in [-0.25, -0.2) is 0 Å². The molecular weight excluding hydrogens is 252 g/mol. The number of rotatable bonds is 5. The fourth-order valence-electron chi connectivity index (χ4n) is 2.71. The number of aryl methyl sites for hydroxylation is 1. The standard InChI is InChI=1S/C16H24N2O2/c1-13-3-5-14(6-4-13)16(7-11-20-12-8-16)15(19)18-10-9-17-2/h3-6,17H,7-12H2,1-2H3,(H,18,19). The molecule has 1 aliphatic rings. The van der Waals surface area contributed by atoms with Crippen molar-refractivity contribution in [2.45, 2.75) is 25.2 Å². The van der Waals surface area contributed by atoms with E-state index in [9.17, 15) is 4.79 Å². The van der Waals surface area contributed by atoms with Crippen LogP contribution in [0.5, 0.6) is 0 Å². The molecule has 1 aliphatic heterocycles. The second-order valence-electron chi connectivity index (χ2n) is 5.42. The van der Waals surface area contributed by atoms with Gasteiger partial charge >= 0.3 is 0 Å². The van der Waals surface area contributed by atoms with E-state index in [4.69, 9.17) is 4.74 Å². The largest absolute Gasteiger partial charge is 0.381 e. The number of likely N-dealkylation sites (N-methyl/N-ethyl adjacent to an activating group) is 1. The molecule has 0 unspecified atom stereocenters. The van der Waals surface area contributed by atoms with E-state index in [1.807, 2.05) is 7.05 Å². The second kappa shape index (κ2) is 6.86. The number of carbonyl (C=O) groups is 1. The molecule has 0 spiro atoms. The number of hydrogen-bond donors (Lipinski definition) is 2. The average molecular weight is 276 g/mol. The van der Waals surface area contributed by atoms with Gasteiger partial charge in [0.25, 0.3) is 0 Å². The van der Waals surface area contributed by atoms with Gasteiger partial charge in [-0.2, -0.15) is 0 Å². The summed E-state index contributed by atoms with van der Waals surface area (Å²) < 4.78 is 5.45. The third-order valence-electron chi connectivity index (χ3n) is 4.05. The number of hydrogen-bond acceptors (Lipinski definition) is 3. The molecule has 20 heavy (non-hydrogen) atoms. The van der Waals surface area contributed by atoms with Gasteiger partial charge in [-0.05, 0) is 32.4 Å². The maximum atomic E-state index is 12.7. The zero-order valence-electron chi connectivity index (χ0n) is 12.4. The summed E-state index contributed by atoms with van der Waals surface area (Å²) in [4.78, 5) is 12.7. The van der Waals surface area contributed by atoms with Gasteiger partial charge in [0.05, 0.1) is 5.41 Å². The van der Waals surface area contributed by atoms with E-state index in [-0.39, 0.29) is 5.91 Å². The molecule has 1 aromatic carbocycles. The zero-order valence-corrected chi connectivity index (χ0v) is 12.4. The lowest BCUT2D eigenvalue weighted by Crippen LogP contribution is -2.49. The number of ether oxygens (including phenoxy) is 1. The summed E-state index contributed by atoms with van der Waals surface area (Å²) in [6.45, 7) is 4.80. The maximum absolute atomic E-state index is 12.7. The van der Waals surface area contributed by atoms with Gasteiger partial charge in [-0.3, -0.25) is 4.79 Å². The van der Waals surface area contributed by atoms with Crippen LogP contribution < -0.4 is 10.6 Å². The Bertz CT molecular complexity index is 436. The van der Waals surface area contributed by atoms with Crippen molar-refractivity contribution in [3.8, 4) is 0 Å². The van der Waals surface area contributed by atoms with Gasteiger partial charge in [0, 0.05) is 26.3 Å². The molecule has 110 valence electrons. The van der Waals surface area contributed by atoms with Crippen molar-refractivity contribution in [2.24, 2.45) is 0 Å². The van der Waals surface area contributed by atoms with Gasteiger partial charge in [0.1, 0.15) is 0 Å². The van der Waals surface area contributed by atoms with Crippen LogP contribution in [0, 0.1) is 6.92 Å². The Morgan fingerprint density at radius 3 is 2.45 bits per heavy atom. The minimum Gasteiger partial charge on any atom is -0.381 e. The maximum Gasteiger partial charge on any atom is 0.230 e. The van der Waals surface area contributed by atoms with Crippen molar-refractivity contribution in [3.05, 3.63) is 35.4 Å². The summed E-state index contributed by atoms with van der Waals surface area (Å²) in [7, 11) is 1.89. The van der Waals surface area contributed by atoms with E-state index >= 15 is 0 Å². The highest BCUT2D eigenvalue weighted by Gasteiger charge is 2.41. The molecule has 0 atom stereocenters. The lowest BCUT2D eigenvalue weighted by Gasteiger charge is -2.36. The summed E-state index contributed by atoms with van der Waals surface area (Å²) in [6, 6.07) is 8.32. The number of carbonyl (C=O) groups excluding carboxylic acids is 1. The summed E-state index contributed by atoms with van der Waals surface area (Å²) in [6.07, 6.45) is 1.50. The lowest BCUT2D eigenvalue weighted by molar-refractivity contribution is -0.130. The second-order valence-corrected chi connectivity index (χ2v) is 5.42. The van der Waals surface area contributed by atoms with E-state index in [1.54, 1.807) is 0 Å². The van der Waals surface area contributed by atoms with Crippen molar-refractivity contribution < 1.29 is 9.53 Å². The van der Waals surface area contributed by atoms with E-state index < -0.39 is 5.41 Å². The lowest BCUT2D eigenvalue weighted by atomic mass is 9.73. The van der Waals surface area contributed by atoms with E-state index in [0.29, 0.717) is 19.8 Å². The first-order valence-corrected chi connectivity index (χ1v) is 7.27. The van der Waals surface area contributed by atoms with Crippen molar-refractivity contribution in [1.29, 1.82) is 0 Å². The summed E-state index contributed by atoms with van der Waals surface area (Å²) in [5, 5.41) is 6.10. The monoisotopic (exact) mass is 276 g/mol. The molecular formula is C16H24N2O2. The first-order valence-electron chi connectivity index (χ1n) is 7.27. The molecule has 0 radical (unpaired) electrons. The van der Waals surface area contributed by atoms with Crippen LogP contribution in [0.25, 0.3) is 0 Å². The third kappa shape index (κ3) is 3.19. The van der Waals surface area contributed by atoms with Gasteiger partial charge < -0.3 is 15.4 Å². The van der Waals surface area contributed by atoms with Crippen LogP contribution in [-0.4, -0.2) is 39.3 Å². The molecule has 0 bridgehead atoms. The van der Waals surface area contributed by atoms with Crippen LogP contribution in [0.2, 0.25) is 0 Å². The molecule has 2 N–H and O–H groups in total. The van der Waals surface area contributed by atoms with E-state index in [0.717, 1.165) is 24.9 Å². The first kappa shape index (κ1) is 15.0. The van der Waals surface area contributed by atoms with Gasteiger partial charge in [-0.1, -0.05) is 29.8 Å². The van der Waals surface area contributed by atoms with Crippen molar-refractivity contribution in [2.75, 3.05) is 33.4 Å². The van der Waals surface area contributed by atoms with Crippen molar-refractivity contribution in [1.82, 2.24) is 10.6 Å². The first-order chi connectivity index (χ1) is 9.69. The fourth-order valence-corrected chi connectivity index (χ4v) is 2.71. The Morgan fingerprint density at radius 2 is 1.85 bits per heavy atom. The van der Waals surface area contributed by atoms with Crippen molar-refractivity contribution >= 4 is 5.91 Å². The molecule has 1 heterocycles. The molecule has 4 heteroatoms. The minimum absolute atomic E-state index is 0.125. The van der Waals surface area contributed by atoms with Gasteiger partial charge in [0.15, 0.2) is 0 Å². The average Bonchev–Trinajstić information content (AvgIpc) is 2.49. The molecule has 0 saturated carbocycles. The highest BCUT2D eigenvalue weighted by atomic mass is 16.5. The minimum atomic E-state index is -0.431. The molecule has 0 aromatic heterocycles. The molecule has 2 rings (SSSR count). The van der Waals surface area contributed by atoms with Crippen LogP contribution in [0.3, 0.4) is 0 Å². The Labute approximate surface area is 120 Å². The van der Waals surface area contributed by atoms with Crippen LogP contribution in [0.15, 0.2) is 24.3 Å². The zero-order chi connectivity index (χ0) is 14.4. The smallest absolute Gasteiger partial charge is 0.230 e. The molecule has 1 aromatic rings. The molecule has 1 amide bonds. The van der Waals surface area contributed by atoms with Crippen LogP contribution in [-0.2, 0) is 14.9 Å². The number of benzene rings is 1. The van der Waals surface area contributed by atoms with Crippen LogP contribution >= 0.6 is 0 Å².